The van der Waals surface area contributed by atoms with E-state index in [9.17, 15) is 19.2 Å². The summed E-state index contributed by atoms with van der Waals surface area (Å²) < 4.78 is 18.0. The minimum absolute atomic E-state index is 0. The summed E-state index contributed by atoms with van der Waals surface area (Å²) in [4.78, 5) is 54.9. The highest BCUT2D eigenvalue weighted by molar-refractivity contribution is 5.88. The van der Waals surface area contributed by atoms with E-state index in [4.69, 9.17) is 14.2 Å². The predicted octanol–water partition coefficient (Wildman–Crippen LogP) is 12.6. The van der Waals surface area contributed by atoms with E-state index < -0.39 is 5.60 Å². The molecule has 1 amide bonds. The van der Waals surface area contributed by atoms with Crippen molar-refractivity contribution in [3.63, 3.8) is 0 Å². The summed E-state index contributed by atoms with van der Waals surface area (Å²) in [6.07, 6.45) is 29.4. The van der Waals surface area contributed by atoms with Gasteiger partial charge >= 0.3 is 17.9 Å². The van der Waals surface area contributed by atoms with Gasteiger partial charge in [0.05, 0.1) is 0 Å². The zero-order valence-corrected chi connectivity index (χ0v) is 38.8. The van der Waals surface area contributed by atoms with Crippen molar-refractivity contribution in [3.8, 4) is 0 Å². The molecule has 1 aliphatic heterocycles. The van der Waals surface area contributed by atoms with E-state index in [2.05, 4.69) is 51.9 Å². The van der Waals surface area contributed by atoms with Crippen LogP contribution in [0.4, 0.5) is 0 Å². The van der Waals surface area contributed by atoms with E-state index >= 15 is 0 Å². The molecule has 9 heteroatoms. The van der Waals surface area contributed by atoms with Crippen LogP contribution in [0.3, 0.4) is 0 Å². The van der Waals surface area contributed by atoms with Gasteiger partial charge in [-0.15, -0.1) is 0 Å². The van der Waals surface area contributed by atoms with Crippen molar-refractivity contribution in [1.82, 2.24) is 10.2 Å². The SMILES string of the molecule is CCCCNC(=O)C(CCCCCCCCC(=O)OC(CCCC)CCCC)(CCCCCCCCC(=O)OC(CCCC)CCCC)OC(=O)CC1CCN(C)C1.[HH]. The summed E-state index contributed by atoms with van der Waals surface area (Å²) in [5.74, 6) is -0.234. The van der Waals surface area contributed by atoms with Crippen LogP contribution in [0.25, 0.3) is 0 Å². The molecule has 1 saturated heterocycles. The third kappa shape index (κ3) is 26.8. The molecule has 0 saturated carbocycles. The number of nitrogens with one attached hydrogen (secondary N) is 1. The zero-order chi connectivity index (χ0) is 42.7. The van der Waals surface area contributed by atoms with Crippen molar-refractivity contribution in [2.45, 2.75) is 258 Å². The summed E-state index contributed by atoms with van der Waals surface area (Å²) in [5.41, 5.74) is -1.15. The van der Waals surface area contributed by atoms with Crippen LogP contribution in [0.15, 0.2) is 0 Å². The molecule has 58 heavy (non-hydrogen) atoms. The fourth-order valence-electron chi connectivity index (χ4n) is 8.24. The first-order valence-corrected chi connectivity index (χ1v) is 24.7. The molecular weight excluding hydrogens is 729 g/mol. The highest BCUT2D eigenvalue weighted by atomic mass is 16.6. The van der Waals surface area contributed by atoms with Gasteiger partial charge in [0.2, 0.25) is 0 Å². The first-order chi connectivity index (χ1) is 28.1. The van der Waals surface area contributed by atoms with Gasteiger partial charge in [0.1, 0.15) is 12.2 Å². The highest BCUT2D eigenvalue weighted by Gasteiger charge is 2.41. The fraction of sp³-hybridized carbons (Fsp3) is 0.918. The number of unbranched alkanes of at least 4 members (excludes halogenated alkanes) is 15. The molecule has 0 aromatic carbocycles. The number of carbonyl (C=O) groups is 4. The fourth-order valence-corrected chi connectivity index (χ4v) is 8.24. The predicted molar refractivity (Wildman–Crippen MR) is 241 cm³/mol. The molecule has 342 valence electrons. The Bertz CT molecular complexity index is 993. The van der Waals surface area contributed by atoms with Gasteiger partial charge in [-0.1, -0.05) is 144 Å². The zero-order valence-electron chi connectivity index (χ0n) is 38.8. The molecule has 0 spiro atoms. The number of ether oxygens (including phenoxy) is 3. The topological polar surface area (TPSA) is 111 Å². The normalized spacial score (nSPS) is 14.7. The minimum Gasteiger partial charge on any atom is -0.462 e. The van der Waals surface area contributed by atoms with Crippen molar-refractivity contribution in [1.29, 1.82) is 0 Å². The molecule has 1 aliphatic rings. The van der Waals surface area contributed by atoms with E-state index in [1.807, 2.05) is 0 Å². The van der Waals surface area contributed by atoms with E-state index in [-0.39, 0.29) is 43.4 Å². The number of likely N-dealkylation sites (tertiary alicyclic amines) is 1. The molecule has 1 atom stereocenters. The van der Waals surface area contributed by atoms with Gasteiger partial charge in [-0.25, -0.2) is 0 Å². The standard InChI is InChI=1S/C49H92N2O7.H2/c1-7-12-29-43(30-13-8-2)56-45(52)33-25-21-17-19-23-27-36-49(48(55)50-38-16-11-5,58-47(54)40-42-35-39-51(6)41-42)37-28-24-20-18-22-26-34-46(53)57-44(31-14-9-3)32-15-10-4;/h42-44H,7-41H2,1-6H3,(H,50,55);1H. The molecular formula is C49H94N2O7. The number of hydrogen-bond acceptors (Lipinski definition) is 8. The Morgan fingerprint density at radius 2 is 1.00 bits per heavy atom. The number of hydrogen-bond donors (Lipinski definition) is 1. The van der Waals surface area contributed by atoms with Gasteiger partial charge in [-0.05, 0) is 96.6 Å². The van der Waals surface area contributed by atoms with E-state index in [1.165, 1.54) is 0 Å². The molecule has 0 aromatic rings. The Balaban J connectivity index is 0.0000336. The average molecular weight is 823 g/mol. The summed E-state index contributed by atoms with van der Waals surface area (Å²) >= 11 is 0. The van der Waals surface area contributed by atoms with Crippen LogP contribution in [0.5, 0.6) is 0 Å². The quantitative estimate of drug-likeness (QED) is 0.0371. The second-order valence-corrected chi connectivity index (χ2v) is 17.7. The van der Waals surface area contributed by atoms with Gasteiger partial charge in [0.25, 0.3) is 5.91 Å². The van der Waals surface area contributed by atoms with Crippen molar-refractivity contribution < 1.29 is 34.8 Å². The largest absolute Gasteiger partial charge is 0.462 e. The second kappa shape index (κ2) is 35.6. The summed E-state index contributed by atoms with van der Waals surface area (Å²) in [5, 5.41) is 3.15. The number of carbonyl (C=O) groups excluding carboxylic acids is 4. The number of amides is 1. The van der Waals surface area contributed by atoms with E-state index in [1.54, 1.807) is 0 Å². The van der Waals surface area contributed by atoms with Crippen LogP contribution in [0.1, 0.15) is 242 Å². The molecule has 0 bridgehead atoms. The summed E-state index contributed by atoms with van der Waals surface area (Å²) in [6.45, 7) is 13.3. The smallest absolute Gasteiger partial charge is 0.307 e. The Morgan fingerprint density at radius 3 is 1.40 bits per heavy atom. The van der Waals surface area contributed by atoms with E-state index in [0.717, 1.165) is 186 Å². The number of esters is 3. The molecule has 1 N–H and O–H groups in total. The van der Waals surface area contributed by atoms with Crippen molar-refractivity contribution in [2.75, 3.05) is 26.7 Å². The van der Waals surface area contributed by atoms with Crippen LogP contribution in [0, 0.1) is 5.92 Å². The third-order valence-corrected chi connectivity index (χ3v) is 12.0. The monoisotopic (exact) mass is 823 g/mol. The Morgan fingerprint density at radius 1 is 0.586 bits per heavy atom. The van der Waals surface area contributed by atoms with Gasteiger partial charge in [-0.3, -0.25) is 19.2 Å². The van der Waals surface area contributed by atoms with Gasteiger partial charge in [-0.2, -0.15) is 0 Å². The average Bonchev–Trinajstić information content (AvgIpc) is 3.62. The molecule has 1 fully saturated rings. The second-order valence-electron chi connectivity index (χ2n) is 17.7. The summed E-state index contributed by atoms with van der Waals surface area (Å²) in [6, 6.07) is 0. The third-order valence-electron chi connectivity index (χ3n) is 12.0. The lowest BCUT2D eigenvalue weighted by Crippen LogP contribution is -2.50. The molecule has 1 heterocycles. The van der Waals surface area contributed by atoms with Crippen molar-refractivity contribution in [2.24, 2.45) is 5.92 Å². The number of rotatable bonds is 39. The Kier molecular flexibility index (Phi) is 33.0. The summed E-state index contributed by atoms with van der Waals surface area (Å²) in [7, 11) is 2.09. The molecule has 0 aliphatic carbocycles. The molecule has 9 nitrogen and oxygen atoms in total. The molecule has 1 unspecified atom stereocenters. The van der Waals surface area contributed by atoms with Crippen LogP contribution in [0.2, 0.25) is 0 Å². The van der Waals surface area contributed by atoms with Crippen LogP contribution in [-0.2, 0) is 33.4 Å². The molecule has 0 radical (unpaired) electrons. The maximum Gasteiger partial charge on any atom is 0.307 e. The van der Waals surface area contributed by atoms with Crippen LogP contribution >= 0.6 is 0 Å². The van der Waals surface area contributed by atoms with Gasteiger partial charge in [0.15, 0.2) is 5.60 Å². The maximum absolute atomic E-state index is 14.0. The lowest BCUT2D eigenvalue weighted by molar-refractivity contribution is -0.172. The lowest BCUT2D eigenvalue weighted by Gasteiger charge is -2.33. The lowest BCUT2D eigenvalue weighted by atomic mass is 9.87. The van der Waals surface area contributed by atoms with Crippen molar-refractivity contribution >= 4 is 23.8 Å². The van der Waals surface area contributed by atoms with Gasteiger partial charge < -0.3 is 24.4 Å². The maximum atomic E-state index is 14.0. The first-order valence-electron chi connectivity index (χ1n) is 24.7. The Labute approximate surface area is 358 Å². The van der Waals surface area contributed by atoms with Gasteiger partial charge in [0, 0.05) is 33.8 Å². The molecule has 0 aromatic heterocycles. The molecule has 1 rings (SSSR count). The van der Waals surface area contributed by atoms with Crippen LogP contribution in [-0.4, -0.2) is 73.2 Å². The van der Waals surface area contributed by atoms with Crippen LogP contribution < -0.4 is 5.32 Å². The minimum atomic E-state index is -1.15. The Hall–Kier alpha value is -2.16. The van der Waals surface area contributed by atoms with E-state index in [0.29, 0.717) is 38.6 Å². The number of nitrogens with zero attached hydrogens (tertiary/aromatic N) is 1. The highest BCUT2D eigenvalue weighted by Crippen LogP contribution is 2.31. The first kappa shape index (κ1) is 53.9. The van der Waals surface area contributed by atoms with Crippen molar-refractivity contribution in [3.05, 3.63) is 0 Å².